The Bertz CT molecular complexity index is 1030. The van der Waals surface area contributed by atoms with Crippen LogP contribution < -0.4 is 5.32 Å². The number of halogens is 5. The molecule has 3 aromatic carbocycles. The number of alkyl halides is 3. The monoisotopic (exact) mass is 435 g/mol. The van der Waals surface area contributed by atoms with Gasteiger partial charge in [0.15, 0.2) is 0 Å². The Morgan fingerprint density at radius 2 is 1.29 bits per heavy atom. The van der Waals surface area contributed by atoms with Crippen molar-refractivity contribution >= 4 is 5.97 Å². The summed E-state index contributed by atoms with van der Waals surface area (Å²) in [6.45, 7) is 0.240. The van der Waals surface area contributed by atoms with Gasteiger partial charge in [-0.2, -0.15) is 13.2 Å². The van der Waals surface area contributed by atoms with Crippen molar-refractivity contribution in [3.63, 3.8) is 0 Å². The minimum Gasteiger partial charge on any atom is -0.454 e. The fourth-order valence-electron chi connectivity index (χ4n) is 2.94. The summed E-state index contributed by atoms with van der Waals surface area (Å²) in [6.07, 6.45) is -5.08. The van der Waals surface area contributed by atoms with E-state index in [9.17, 15) is 26.7 Å². The highest BCUT2D eigenvalue weighted by Gasteiger charge is 2.40. The molecule has 0 bridgehead atoms. The fraction of sp³-hybridized carbons (Fsp3) is 0.174. The van der Waals surface area contributed by atoms with Crippen LogP contribution in [0, 0.1) is 11.6 Å². The van der Waals surface area contributed by atoms with Gasteiger partial charge in [0.1, 0.15) is 18.2 Å². The number of carbonyl (C=O) groups is 1. The summed E-state index contributed by atoms with van der Waals surface area (Å²) in [4.78, 5) is 11.0. The third-order valence-corrected chi connectivity index (χ3v) is 4.40. The SMILES string of the molecule is O=C(OCc1cc(CNCc2ccc(F)cc2)cc(-c2ccc(F)cc2)c1)C(F)(F)F. The molecule has 0 heterocycles. The van der Waals surface area contributed by atoms with E-state index in [1.165, 1.54) is 24.3 Å². The summed E-state index contributed by atoms with van der Waals surface area (Å²) in [7, 11) is 0. The van der Waals surface area contributed by atoms with E-state index in [1.54, 1.807) is 42.5 Å². The molecule has 0 fully saturated rings. The first-order valence-corrected chi connectivity index (χ1v) is 9.28. The van der Waals surface area contributed by atoms with Gasteiger partial charge < -0.3 is 10.1 Å². The Morgan fingerprint density at radius 3 is 1.90 bits per heavy atom. The zero-order valence-corrected chi connectivity index (χ0v) is 16.2. The van der Waals surface area contributed by atoms with Gasteiger partial charge in [0.2, 0.25) is 0 Å². The predicted molar refractivity (Wildman–Crippen MR) is 105 cm³/mol. The van der Waals surface area contributed by atoms with Crippen LogP contribution in [0.15, 0.2) is 66.7 Å². The zero-order valence-electron chi connectivity index (χ0n) is 16.2. The number of ether oxygens (including phenoxy) is 1. The van der Waals surface area contributed by atoms with E-state index in [0.717, 1.165) is 11.1 Å². The Kier molecular flexibility index (Phi) is 7.02. The van der Waals surface area contributed by atoms with Crippen molar-refractivity contribution in [2.45, 2.75) is 25.9 Å². The lowest BCUT2D eigenvalue weighted by Gasteiger charge is -2.13. The Balaban J connectivity index is 1.77. The van der Waals surface area contributed by atoms with Crippen LogP contribution in [0.3, 0.4) is 0 Å². The molecule has 8 heteroatoms. The molecule has 0 amide bonds. The summed E-state index contributed by atoms with van der Waals surface area (Å²) in [5, 5.41) is 3.17. The molecule has 0 unspecified atom stereocenters. The molecule has 162 valence electrons. The number of rotatable bonds is 7. The third kappa shape index (κ3) is 6.62. The average molecular weight is 435 g/mol. The lowest BCUT2D eigenvalue weighted by molar-refractivity contribution is -0.201. The van der Waals surface area contributed by atoms with Crippen LogP contribution >= 0.6 is 0 Å². The predicted octanol–water partition coefficient (Wildman–Crippen LogP) is 5.53. The summed E-state index contributed by atoms with van der Waals surface area (Å²) in [6, 6.07) is 16.6. The molecule has 0 saturated carbocycles. The fourth-order valence-corrected chi connectivity index (χ4v) is 2.94. The van der Waals surface area contributed by atoms with Gasteiger partial charge in [0, 0.05) is 13.1 Å². The van der Waals surface area contributed by atoms with Crippen molar-refractivity contribution in [1.82, 2.24) is 5.32 Å². The molecule has 0 aliphatic heterocycles. The van der Waals surface area contributed by atoms with Crippen molar-refractivity contribution in [1.29, 1.82) is 0 Å². The molecule has 3 aromatic rings. The number of hydrogen-bond acceptors (Lipinski definition) is 3. The van der Waals surface area contributed by atoms with E-state index < -0.39 is 24.6 Å². The van der Waals surface area contributed by atoms with E-state index in [2.05, 4.69) is 10.1 Å². The van der Waals surface area contributed by atoms with Crippen LogP contribution in [0.2, 0.25) is 0 Å². The maximum absolute atomic E-state index is 13.2. The Morgan fingerprint density at radius 1 is 0.742 bits per heavy atom. The standard InChI is InChI=1S/C23H18F5NO2/c24-20-5-1-15(2-6-20)12-29-13-16-9-17(14-31-22(30)23(26,27)28)11-19(10-16)18-3-7-21(25)8-4-18/h1-11,29H,12-14H2. The lowest BCUT2D eigenvalue weighted by Crippen LogP contribution is -2.25. The molecule has 0 aliphatic carbocycles. The smallest absolute Gasteiger partial charge is 0.454 e. The minimum atomic E-state index is -5.08. The molecule has 0 atom stereocenters. The van der Waals surface area contributed by atoms with E-state index >= 15 is 0 Å². The molecule has 0 spiro atoms. The van der Waals surface area contributed by atoms with Gasteiger partial charge in [-0.25, -0.2) is 13.6 Å². The molecular weight excluding hydrogens is 417 g/mol. The number of carbonyl (C=O) groups excluding carboxylic acids is 1. The van der Waals surface area contributed by atoms with Crippen LogP contribution in [0.1, 0.15) is 16.7 Å². The highest BCUT2D eigenvalue weighted by atomic mass is 19.4. The van der Waals surface area contributed by atoms with E-state index in [4.69, 9.17) is 0 Å². The van der Waals surface area contributed by atoms with Gasteiger partial charge in [-0.1, -0.05) is 30.3 Å². The van der Waals surface area contributed by atoms with Crippen molar-refractivity contribution in [2.24, 2.45) is 0 Å². The van der Waals surface area contributed by atoms with Crippen molar-refractivity contribution in [3.05, 3.63) is 95.1 Å². The molecule has 1 N–H and O–H groups in total. The summed E-state index contributed by atoms with van der Waals surface area (Å²) >= 11 is 0. The van der Waals surface area contributed by atoms with Crippen LogP contribution in [0.25, 0.3) is 11.1 Å². The minimum absolute atomic E-state index is 0.339. The first-order chi connectivity index (χ1) is 14.7. The van der Waals surface area contributed by atoms with Gasteiger partial charge in [0.25, 0.3) is 0 Å². The second kappa shape index (κ2) is 9.70. The molecule has 0 aromatic heterocycles. The summed E-state index contributed by atoms with van der Waals surface area (Å²) in [5.74, 6) is -3.02. The van der Waals surface area contributed by atoms with Crippen LogP contribution in [0.5, 0.6) is 0 Å². The van der Waals surface area contributed by atoms with Crippen molar-refractivity contribution < 1.29 is 31.5 Å². The maximum atomic E-state index is 13.2. The zero-order chi connectivity index (χ0) is 22.4. The average Bonchev–Trinajstić information content (AvgIpc) is 2.73. The molecule has 3 nitrogen and oxygen atoms in total. The topological polar surface area (TPSA) is 38.3 Å². The molecular formula is C23H18F5NO2. The molecule has 3 rings (SSSR count). The van der Waals surface area contributed by atoms with Gasteiger partial charge in [0.05, 0.1) is 0 Å². The summed E-state index contributed by atoms with van der Waals surface area (Å²) in [5.41, 5.74) is 3.24. The van der Waals surface area contributed by atoms with Crippen LogP contribution in [0.4, 0.5) is 22.0 Å². The molecule has 0 saturated heterocycles. The van der Waals surface area contributed by atoms with Crippen LogP contribution in [-0.4, -0.2) is 12.1 Å². The summed E-state index contributed by atoms with van der Waals surface area (Å²) < 4.78 is 67.9. The van der Waals surface area contributed by atoms with Gasteiger partial charge in [-0.05, 0) is 64.2 Å². The Hall–Kier alpha value is -3.26. The largest absolute Gasteiger partial charge is 0.490 e. The van der Waals surface area contributed by atoms with Gasteiger partial charge in [-0.15, -0.1) is 0 Å². The number of benzene rings is 3. The third-order valence-electron chi connectivity index (χ3n) is 4.40. The van der Waals surface area contributed by atoms with Gasteiger partial charge >= 0.3 is 12.1 Å². The Labute approximate surface area is 175 Å². The lowest BCUT2D eigenvalue weighted by atomic mass is 9.99. The number of esters is 1. The van der Waals surface area contributed by atoms with Crippen LogP contribution in [-0.2, 0) is 29.2 Å². The number of nitrogens with one attached hydrogen (secondary N) is 1. The quantitative estimate of drug-likeness (QED) is 0.392. The molecule has 0 radical (unpaired) electrons. The molecule has 31 heavy (non-hydrogen) atoms. The highest BCUT2D eigenvalue weighted by molar-refractivity contribution is 5.75. The van der Waals surface area contributed by atoms with Crippen molar-refractivity contribution in [3.8, 4) is 11.1 Å². The first kappa shape index (κ1) is 22.4. The normalized spacial score (nSPS) is 11.4. The number of hydrogen-bond donors (Lipinski definition) is 1. The second-order valence-corrected chi connectivity index (χ2v) is 6.85. The van der Waals surface area contributed by atoms with E-state index in [1.807, 2.05) is 0 Å². The van der Waals surface area contributed by atoms with Gasteiger partial charge in [-0.3, -0.25) is 0 Å². The highest BCUT2D eigenvalue weighted by Crippen LogP contribution is 2.24. The maximum Gasteiger partial charge on any atom is 0.490 e. The second-order valence-electron chi connectivity index (χ2n) is 6.85. The van der Waals surface area contributed by atoms with E-state index in [-0.39, 0.29) is 5.82 Å². The van der Waals surface area contributed by atoms with Crippen molar-refractivity contribution in [2.75, 3.05) is 0 Å². The van der Waals surface area contributed by atoms with E-state index in [0.29, 0.717) is 29.8 Å². The first-order valence-electron chi connectivity index (χ1n) is 9.28. The molecule has 0 aliphatic rings.